The lowest BCUT2D eigenvalue weighted by Gasteiger charge is -2.33. The molecule has 0 spiro atoms. The number of aliphatic hydroxyl groups is 1. The lowest BCUT2D eigenvalue weighted by Crippen LogP contribution is -2.49. The molecule has 0 aromatic heterocycles. The summed E-state index contributed by atoms with van der Waals surface area (Å²) in [4.78, 5) is 41.8. The number of carbonyl (C=O) groups is 3. The summed E-state index contributed by atoms with van der Waals surface area (Å²) in [5.74, 6) is -0.550. The molecule has 262 valence electrons. The Hall–Kier alpha value is -2.69. The molecule has 1 aliphatic rings. The van der Waals surface area contributed by atoms with Crippen LogP contribution in [0.5, 0.6) is 0 Å². The van der Waals surface area contributed by atoms with Gasteiger partial charge in [-0.05, 0) is 75.8 Å². The lowest BCUT2D eigenvalue weighted by atomic mass is 9.82. The van der Waals surface area contributed by atoms with Crippen molar-refractivity contribution in [3.63, 3.8) is 0 Å². The van der Waals surface area contributed by atoms with Crippen LogP contribution in [-0.4, -0.2) is 91.6 Å². The number of benzene rings is 1. The molecule has 46 heavy (non-hydrogen) atoms. The molecule has 4 unspecified atom stereocenters. The van der Waals surface area contributed by atoms with Crippen LogP contribution in [0, 0.1) is 23.7 Å². The fourth-order valence-corrected chi connectivity index (χ4v) is 5.70. The number of amides is 3. The molecule has 0 radical (unpaired) electrons. The first-order valence-electron chi connectivity index (χ1n) is 17.3. The molecule has 4 atom stereocenters. The van der Waals surface area contributed by atoms with Crippen LogP contribution >= 0.6 is 0 Å². The molecular weight excluding hydrogens is 584 g/mol. The highest BCUT2D eigenvalue weighted by Crippen LogP contribution is 2.25. The molecule has 4 N–H and O–H groups in total. The number of aliphatic hydroxyl groups excluding tert-OH is 1. The standard InChI is InChI=1S/C36H62N4O6/c1-9-10-16-37-34(43)30(26(4)5)23-32(41)31(39-35(44)46-36(6,7)8)22-28(25(2)3)24-38-33(42)29-14-12-11-13-27(29)15-17-40-18-20-45-21-19-40/h11-14,25-26,28,30-32,41H,9-10,15-24H2,1-8H3,(H,37,43)(H,38,42)(H,39,44). The predicted octanol–water partition coefficient (Wildman–Crippen LogP) is 4.79. The van der Waals surface area contributed by atoms with Crippen molar-refractivity contribution in [3.05, 3.63) is 35.4 Å². The molecule has 1 heterocycles. The highest BCUT2D eigenvalue weighted by atomic mass is 16.6. The minimum absolute atomic E-state index is 0.00181. The van der Waals surface area contributed by atoms with Crippen LogP contribution in [0.1, 0.15) is 97.0 Å². The van der Waals surface area contributed by atoms with Crippen LogP contribution in [0.3, 0.4) is 0 Å². The van der Waals surface area contributed by atoms with Gasteiger partial charge in [-0.1, -0.05) is 59.2 Å². The molecule has 0 bridgehead atoms. The maximum Gasteiger partial charge on any atom is 0.407 e. The van der Waals surface area contributed by atoms with Crippen LogP contribution in [-0.2, 0) is 20.7 Å². The second-order valence-electron chi connectivity index (χ2n) is 14.4. The Morgan fingerprint density at radius 1 is 1.00 bits per heavy atom. The van der Waals surface area contributed by atoms with E-state index in [0.717, 1.165) is 57.7 Å². The Balaban J connectivity index is 2.16. The Morgan fingerprint density at radius 3 is 2.28 bits per heavy atom. The monoisotopic (exact) mass is 646 g/mol. The van der Waals surface area contributed by atoms with Crippen molar-refractivity contribution in [3.8, 4) is 0 Å². The van der Waals surface area contributed by atoms with Crippen LogP contribution < -0.4 is 16.0 Å². The van der Waals surface area contributed by atoms with E-state index in [1.54, 1.807) is 20.8 Å². The largest absolute Gasteiger partial charge is 0.444 e. The highest BCUT2D eigenvalue weighted by molar-refractivity contribution is 5.95. The van der Waals surface area contributed by atoms with Crippen molar-refractivity contribution in [1.29, 1.82) is 0 Å². The van der Waals surface area contributed by atoms with E-state index in [0.29, 0.717) is 25.1 Å². The van der Waals surface area contributed by atoms with Gasteiger partial charge < -0.3 is 30.5 Å². The summed E-state index contributed by atoms with van der Waals surface area (Å²) in [6, 6.07) is 7.04. The van der Waals surface area contributed by atoms with Gasteiger partial charge in [-0.3, -0.25) is 14.5 Å². The van der Waals surface area contributed by atoms with E-state index < -0.39 is 29.8 Å². The van der Waals surface area contributed by atoms with Crippen molar-refractivity contribution in [2.24, 2.45) is 23.7 Å². The van der Waals surface area contributed by atoms with Gasteiger partial charge in [-0.15, -0.1) is 0 Å². The second-order valence-corrected chi connectivity index (χ2v) is 14.4. The first-order chi connectivity index (χ1) is 21.7. The van der Waals surface area contributed by atoms with Gasteiger partial charge in [0.1, 0.15) is 5.60 Å². The zero-order valence-corrected chi connectivity index (χ0v) is 29.7. The number of alkyl carbamates (subject to hydrolysis) is 1. The van der Waals surface area contributed by atoms with Gasteiger partial charge in [0.15, 0.2) is 0 Å². The van der Waals surface area contributed by atoms with Gasteiger partial charge in [0.25, 0.3) is 5.91 Å². The molecule has 1 aromatic rings. The van der Waals surface area contributed by atoms with Gasteiger partial charge in [-0.2, -0.15) is 0 Å². The summed E-state index contributed by atoms with van der Waals surface area (Å²) in [5.41, 5.74) is 0.958. The third-order valence-electron chi connectivity index (χ3n) is 8.72. The van der Waals surface area contributed by atoms with E-state index in [1.807, 2.05) is 38.1 Å². The second kappa shape index (κ2) is 19.9. The van der Waals surface area contributed by atoms with E-state index in [1.165, 1.54) is 0 Å². The van der Waals surface area contributed by atoms with Crippen LogP contribution in [0.2, 0.25) is 0 Å². The van der Waals surface area contributed by atoms with Crippen LogP contribution in [0.4, 0.5) is 4.79 Å². The number of ether oxygens (including phenoxy) is 2. The first kappa shape index (κ1) is 39.5. The number of unbranched alkanes of at least 4 members (excludes halogenated alkanes) is 1. The molecule has 0 saturated carbocycles. The quantitative estimate of drug-likeness (QED) is 0.169. The lowest BCUT2D eigenvalue weighted by molar-refractivity contribution is -0.127. The van der Waals surface area contributed by atoms with Gasteiger partial charge >= 0.3 is 6.09 Å². The molecule has 2 rings (SSSR count). The molecule has 1 aliphatic heterocycles. The third kappa shape index (κ3) is 14.4. The Morgan fingerprint density at radius 2 is 1.67 bits per heavy atom. The average molecular weight is 647 g/mol. The van der Waals surface area contributed by atoms with E-state index in [4.69, 9.17) is 9.47 Å². The van der Waals surface area contributed by atoms with Gasteiger partial charge in [0.05, 0.1) is 25.4 Å². The van der Waals surface area contributed by atoms with Gasteiger partial charge in [0.2, 0.25) is 5.91 Å². The molecule has 1 fully saturated rings. The number of hydrogen-bond acceptors (Lipinski definition) is 7. The smallest absolute Gasteiger partial charge is 0.407 e. The van der Waals surface area contributed by atoms with Crippen molar-refractivity contribution in [2.45, 2.75) is 105 Å². The fraction of sp³-hybridized carbons (Fsp3) is 0.750. The van der Waals surface area contributed by atoms with Gasteiger partial charge in [-0.25, -0.2) is 4.79 Å². The van der Waals surface area contributed by atoms with E-state index in [2.05, 4.69) is 41.6 Å². The van der Waals surface area contributed by atoms with Gasteiger partial charge in [0, 0.05) is 44.2 Å². The van der Waals surface area contributed by atoms with Crippen molar-refractivity contribution in [1.82, 2.24) is 20.9 Å². The fourth-order valence-electron chi connectivity index (χ4n) is 5.70. The summed E-state index contributed by atoms with van der Waals surface area (Å²) in [7, 11) is 0. The normalized spacial score (nSPS) is 16.8. The maximum absolute atomic E-state index is 13.5. The summed E-state index contributed by atoms with van der Waals surface area (Å²) in [6.07, 6.45) is 1.63. The number of rotatable bonds is 18. The molecule has 1 saturated heterocycles. The SMILES string of the molecule is CCCCNC(=O)C(CC(O)C(CC(CNC(=O)c1ccccc1CCN1CCOCC1)C(C)C)NC(=O)OC(C)(C)C)C(C)C. The molecule has 3 amide bonds. The number of nitrogens with zero attached hydrogens (tertiary/aromatic N) is 1. The van der Waals surface area contributed by atoms with Crippen LogP contribution in [0.15, 0.2) is 24.3 Å². The molecular formula is C36H62N4O6. The summed E-state index contributed by atoms with van der Waals surface area (Å²) in [5, 5.41) is 20.6. The zero-order valence-electron chi connectivity index (χ0n) is 29.7. The molecule has 0 aliphatic carbocycles. The van der Waals surface area contributed by atoms with Crippen molar-refractivity contribution in [2.75, 3.05) is 45.9 Å². The number of carbonyl (C=O) groups excluding carboxylic acids is 3. The molecule has 1 aromatic carbocycles. The third-order valence-corrected chi connectivity index (χ3v) is 8.72. The predicted molar refractivity (Wildman–Crippen MR) is 183 cm³/mol. The van der Waals surface area contributed by atoms with Crippen LogP contribution in [0.25, 0.3) is 0 Å². The topological polar surface area (TPSA) is 129 Å². The number of nitrogens with one attached hydrogen (secondary N) is 3. The van der Waals surface area contributed by atoms with E-state index in [9.17, 15) is 19.5 Å². The first-order valence-corrected chi connectivity index (χ1v) is 17.3. The summed E-state index contributed by atoms with van der Waals surface area (Å²) < 4.78 is 11.0. The molecule has 10 nitrogen and oxygen atoms in total. The van der Waals surface area contributed by atoms with E-state index >= 15 is 0 Å². The zero-order chi connectivity index (χ0) is 34.3. The Bertz CT molecular complexity index is 1070. The minimum atomic E-state index is -0.991. The minimum Gasteiger partial charge on any atom is -0.444 e. The van der Waals surface area contributed by atoms with E-state index in [-0.39, 0.29) is 36.0 Å². The summed E-state index contributed by atoms with van der Waals surface area (Å²) >= 11 is 0. The number of morpholine rings is 1. The number of hydrogen-bond donors (Lipinski definition) is 4. The van der Waals surface area contributed by atoms with Crippen molar-refractivity contribution >= 4 is 17.9 Å². The van der Waals surface area contributed by atoms with Crippen molar-refractivity contribution < 1.29 is 29.0 Å². The summed E-state index contributed by atoms with van der Waals surface area (Å²) in [6.45, 7) is 20.6. The molecule has 10 heteroatoms. The Kier molecular flexibility index (Phi) is 17.0. The average Bonchev–Trinajstić information content (AvgIpc) is 2.99. The maximum atomic E-state index is 13.5. The Labute approximate surface area is 277 Å². The highest BCUT2D eigenvalue weighted by Gasteiger charge is 2.33.